The maximum absolute atomic E-state index is 12.3. The van der Waals surface area contributed by atoms with Crippen molar-refractivity contribution in [1.82, 2.24) is 4.90 Å². The van der Waals surface area contributed by atoms with Crippen molar-refractivity contribution in [1.29, 1.82) is 0 Å². The van der Waals surface area contributed by atoms with Crippen molar-refractivity contribution in [3.63, 3.8) is 0 Å². The van der Waals surface area contributed by atoms with Gasteiger partial charge in [-0.3, -0.25) is 13.8 Å². The lowest BCUT2D eigenvalue weighted by molar-refractivity contribution is -0.137. The summed E-state index contributed by atoms with van der Waals surface area (Å²) in [6.45, 7) is 0. The second-order valence-electron chi connectivity index (χ2n) is 5.19. The van der Waals surface area contributed by atoms with E-state index in [1.54, 1.807) is 12.1 Å². The van der Waals surface area contributed by atoms with E-state index in [4.69, 9.17) is 0 Å². The molecule has 6 heteroatoms. The maximum atomic E-state index is 12.3. The summed E-state index contributed by atoms with van der Waals surface area (Å²) in [4.78, 5) is 25.9. The zero-order valence-electron chi connectivity index (χ0n) is 11.0. The van der Waals surface area contributed by atoms with E-state index in [1.165, 1.54) is 4.90 Å². The molecule has 2 amide bonds. The first-order valence-corrected chi connectivity index (χ1v) is 8.15. The maximum Gasteiger partial charge on any atom is 0.248 e. The zero-order chi connectivity index (χ0) is 14.1. The van der Waals surface area contributed by atoms with Crippen LogP contribution in [0, 0.1) is 5.92 Å². The molecule has 1 aliphatic carbocycles. The van der Waals surface area contributed by atoms with Gasteiger partial charge in [0, 0.05) is 22.4 Å². The van der Waals surface area contributed by atoms with Crippen LogP contribution in [0.1, 0.15) is 12.8 Å². The van der Waals surface area contributed by atoms with Gasteiger partial charge in [-0.2, -0.15) is 0 Å². The van der Waals surface area contributed by atoms with E-state index in [1.807, 2.05) is 18.2 Å². The lowest BCUT2D eigenvalue weighted by atomic mass is 10.2. The topological polar surface area (TPSA) is 66.5 Å². The molecular formula is C14H16N2O3S. The van der Waals surface area contributed by atoms with E-state index >= 15 is 0 Å². The summed E-state index contributed by atoms with van der Waals surface area (Å²) in [6.07, 6.45) is 1.77. The molecule has 0 bridgehead atoms. The predicted molar refractivity (Wildman–Crippen MR) is 76.3 cm³/mol. The SMILES string of the molecule is O=C(Nc1ccccc1)C1CS(=O)CN1C(=O)C1CC1. The van der Waals surface area contributed by atoms with Crippen LogP contribution in [0.3, 0.4) is 0 Å². The van der Waals surface area contributed by atoms with E-state index in [2.05, 4.69) is 5.32 Å². The Kier molecular flexibility index (Phi) is 3.56. The molecule has 0 radical (unpaired) electrons. The number of nitrogens with zero attached hydrogens (tertiary/aromatic N) is 1. The van der Waals surface area contributed by atoms with E-state index in [-0.39, 0.29) is 29.4 Å². The molecule has 1 aromatic carbocycles. The van der Waals surface area contributed by atoms with Gasteiger partial charge in [-0.15, -0.1) is 0 Å². The Labute approximate surface area is 119 Å². The molecule has 1 saturated heterocycles. The second-order valence-corrected chi connectivity index (χ2v) is 6.66. The Balaban J connectivity index is 1.71. The van der Waals surface area contributed by atoms with E-state index < -0.39 is 16.8 Å². The fraction of sp³-hybridized carbons (Fsp3) is 0.429. The minimum atomic E-state index is -1.13. The number of nitrogens with one attached hydrogen (secondary N) is 1. The number of carbonyl (C=O) groups excluding carboxylic acids is 2. The van der Waals surface area contributed by atoms with Crippen LogP contribution < -0.4 is 5.32 Å². The molecule has 1 aliphatic heterocycles. The molecule has 0 aromatic heterocycles. The number of hydrogen-bond acceptors (Lipinski definition) is 3. The van der Waals surface area contributed by atoms with Crippen molar-refractivity contribution in [2.75, 3.05) is 16.9 Å². The van der Waals surface area contributed by atoms with Crippen molar-refractivity contribution in [2.24, 2.45) is 5.92 Å². The van der Waals surface area contributed by atoms with Crippen molar-refractivity contribution in [3.8, 4) is 0 Å². The van der Waals surface area contributed by atoms with Gasteiger partial charge >= 0.3 is 0 Å². The normalized spacial score (nSPS) is 25.5. The van der Waals surface area contributed by atoms with E-state index in [9.17, 15) is 13.8 Å². The van der Waals surface area contributed by atoms with Gasteiger partial charge in [0.1, 0.15) is 6.04 Å². The summed E-state index contributed by atoms with van der Waals surface area (Å²) in [5.41, 5.74) is 0.689. The Morgan fingerprint density at radius 1 is 1.20 bits per heavy atom. The van der Waals surface area contributed by atoms with Gasteiger partial charge in [-0.25, -0.2) is 0 Å². The third-order valence-electron chi connectivity index (χ3n) is 3.56. The van der Waals surface area contributed by atoms with Crippen molar-refractivity contribution >= 4 is 28.3 Å². The molecule has 20 heavy (non-hydrogen) atoms. The van der Waals surface area contributed by atoms with Crippen LogP contribution in [0.4, 0.5) is 5.69 Å². The number of amides is 2. The van der Waals surface area contributed by atoms with Crippen LogP contribution in [-0.2, 0) is 20.4 Å². The highest BCUT2D eigenvalue weighted by Gasteiger charge is 2.43. The third kappa shape index (κ3) is 2.75. The highest BCUT2D eigenvalue weighted by atomic mass is 32.2. The average molecular weight is 292 g/mol. The lowest BCUT2D eigenvalue weighted by Gasteiger charge is -2.22. The molecule has 2 aliphatic rings. The standard InChI is InChI=1S/C14H16N2O3S/c17-13(15-11-4-2-1-3-5-11)12-8-20(19)9-16(12)14(18)10-6-7-10/h1-5,10,12H,6-9H2,(H,15,17). The number of para-hydroxylation sites is 1. The average Bonchev–Trinajstić information content (AvgIpc) is 3.21. The molecule has 3 rings (SSSR count). The zero-order valence-corrected chi connectivity index (χ0v) is 11.8. The number of rotatable bonds is 3. The first kappa shape index (κ1) is 13.3. The van der Waals surface area contributed by atoms with Gasteiger partial charge in [-0.1, -0.05) is 18.2 Å². The Bertz CT molecular complexity index is 557. The van der Waals surface area contributed by atoms with Crippen LogP contribution in [0.2, 0.25) is 0 Å². The van der Waals surface area contributed by atoms with E-state index in [0.29, 0.717) is 5.69 Å². The van der Waals surface area contributed by atoms with Gasteiger partial charge in [-0.05, 0) is 25.0 Å². The first-order valence-electron chi connectivity index (χ1n) is 6.66. The highest BCUT2D eigenvalue weighted by Crippen LogP contribution is 2.33. The van der Waals surface area contributed by atoms with Gasteiger partial charge in [0.15, 0.2) is 0 Å². The number of carbonyl (C=O) groups is 2. The van der Waals surface area contributed by atoms with Gasteiger partial charge in [0.05, 0.1) is 11.6 Å². The summed E-state index contributed by atoms with van der Waals surface area (Å²) in [7, 11) is -1.13. The van der Waals surface area contributed by atoms with Crippen LogP contribution in [0.25, 0.3) is 0 Å². The largest absolute Gasteiger partial charge is 0.324 e. The fourth-order valence-electron chi connectivity index (χ4n) is 2.31. The lowest BCUT2D eigenvalue weighted by Crippen LogP contribution is -2.45. The summed E-state index contributed by atoms with van der Waals surface area (Å²) >= 11 is 0. The molecule has 5 nitrogen and oxygen atoms in total. The molecule has 1 heterocycles. The fourth-order valence-corrected chi connectivity index (χ4v) is 3.72. The summed E-state index contributed by atoms with van der Waals surface area (Å²) in [6, 6.07) is 8.49. The van der Waals surface area contributed by atoms with Crippen LogP contribution >= 0.6 is 0 Å². The van der Waals surface area contributed by atoms with Gasteiger partial charge in [0.25, 0.3) is 0 Å². The minimum Gasteiger partial charge on any atom is -0.324 e. The number of anilines is 1. The van der Waals surface area contributed by atoms with Gasteiger partial charge in [0.2, 0.25) is 11.8 Å². The monoisotopic (exact) mass is 292 g/mol. The quantitative estimate of drug-likeness (QED) is 0.902. The third-order valence-corrected chi connectivity index (χ3v) is 4.81. The van der Waals surface area contributed by atoms with Crippen molar-refractivity contribution in [2.45, 2.75) is 18.9 Å². The van der Waals surface area contributed by atoms with Crippen molar-refractivity contribution in [3.05, 3.63) is 30.3 Å². The van der Waals surface area contributed by atoms with Crippen LogP contribution in [0.5, 0.6) is 0 Å². The molecule has 1 aromatic rings. The molecule has 1 N–H and O–H groups in total. The summed E-state index contributed by atoms with van der Waals surface area (Å²) in [5, 5.41) is 2.78. The second kappa shape index (κ2) is 5.36. The highest BCUT2D eigenvalue weighted by molar-refractivity contribution is 7.85. The summed E-state index contributed by atoms with van der Waals surface area (Å²) in [5.74, 6) is 0.177. The smallest absolute Gasteiger partial charge is 0.248 e. The molecule has 2 unspecified atom stereocenters. The molecule has 2 atom stereocenters. The predicted octanol–water partition coefficient (Wildman–Crippen LogP) is 0.952. The molecule has 0 spiro atoms. The van der Waals surface area contributed by atoms with Crippen molar-refractivity contribution < 1.29 is 13.8 Å². The Morgan fingerprint density at radius 3 is 2.55 bits per heavy atom. The minimum absolute atomic E-state index is 0.0240. The number of hydrogen-bond donors (Lipinski definition) is 1. The van der Waals surface area contributed by atoms with E-state index in [0.717, 1.165) is 12.8 Å². The molecule has 2 fully saturated rings. The number of benzene rings is 1. The Hall–Kier alpha value is -1.69. The van der Waals surface area contributed by atoms with Crippen LogP contribution in [0.15, 0.2) is 30.3 Å². The molecular weight excluding hydrogens is 276 g/mol. The van der Waals surface area contributed by atoms with Crippen LogP contribution in [-0.4, -0.2) is 38.6 Å². The van der Waals surface area contributed by atoms with Gasteiger partial charge < -0.3 is 10.2 Å². The first-order chi connectivity index (χ1) is 9.65. The molecule has 106 valence electrons. The molecule has 1 saturated carbocycles. The summed E-state index contributed by atoms with van der Waals surface area (Å²) < 4.78 is 11.7. The Morgan fingerprint density at radius 2 is 1.90 bits per heavy atom.